The van der Waals surface area contributed by atoms with E-state index in [9.17, 15) is 19.5 Å². The minimum atomic E-state index is -1.22. The molecule has 2 aromatic heterocycles. The molecule has 3 saturated heterocycles. The number of aliphatic hydroxyl groups excluding tert-OH is 1. The topological polar surface area (TPSA) is 180 Å². The zero-order chi connectivity index (χ0) is 43.5. The number of aliphatic hydroxyl groups is 1. The van der Waals surface area contributed by atoms with Gasteiger partial charge in [0.05, 0.1) is 40.3 Å². The summed E-state index contributed by atoms with van der Waals surface area (Å²) >= 11 is 1.58. The molecule has 3 fully saturated rings. The standard InChI is InChI=1S/C43H65N7O9S/c1-11-34-43(7)37(50(41(54)59-43)19-15-14-18-49-24-30(46-47-49)38-45-29-16-12-13-17-33(29)60-38)28(5)44-23-25(2)22-42(6,55-10)35(21-32(51)27(4)39(53)57-34)58-40-36(52)31(48(8)9)20-26(3)56-40/h12-13,16-17,24-28,31,34-37,40,44,52H,11,14-15,18-23H2,1-10H3/t25-,26?,27-,28-,31?,34-,35-,36?,37-,40+,42-,43-/m1/s1. The summed E-state index contributed by atoms with van der Waals surface area (Å²) < 4.78 is 34.2. The SMILES string of the molecule is CC[C@H]1OC(=O)[C@H](C)C(=O)C[C@@H](O[C@@H]2OC(C)CC(N(C)C)C2O)[C@](C)(OC)C[C@@H](C)CN[C@H](C)[C@H]2N(CCCCn3cc(-c4nc5ccccc5s4)nn3)C(=O)O[C@]12C. The molecule has 332 valence electrons. The van der Waals surface area contributed by atoms with Crippen LogP contribution >= 0.6 is 11.3 Å². The number of amides is 1. The molecule has 6 rings (SSSR count). The number of carbonyl (C=O) groups is 3. The molecule has 3 aliphatic rings. The van der Waals surface area contributed by atoms with E-state index in [1.165, 1.54) is 6.92 Å². The number of ketones is 1. The number of nitrogens with zero attached hydrogens (tertiary/aromatic N) is 6. The minimum absolute atomic E-state index is 0.000263. The number of likely N-dealkylation sites (N-methyl/N-ethyl adjacent to an activating group) is 1. The van der Waals surface area contributed by atoms with Gasteiger partial charge in [0.1, 0.15) is 34.6 Å². The number of ether oxygens (including phenoxy) is 5. The maximum absolute atomic E-state index is 14.1. The summed E-state index contributed by atoms with van der Waals surface area (Å²) in [6.45, 7) is 14.7. The van der Waals surface area contributed by atoms with Gasteiger partial charge in [-0.15, -0.1) is 16.4 Å². The van der Waals surface area contributed by atoms with Crippen molar-refractivity contribution >= 4 is 39.4 Å². The minimum Gasteiger partial charge on any atom is -0.458 e. The molecule has 0 radical (unpaired) electrons. The van der Waals surface area contributed by atoms with E-state index in [-0.39, 0.29) is 30.5 Å². The van der Waals surface area contributed by atoms with E-state index in [0.29, 0.717) is 45.3 Å². The number of carbonyl (C=O) groups excluding carboxylic acids is 3. The molecule has 3 aliphatic heterocycles. The van der Waals surface area contributed by atoms with Crippen LogP contribution in [0, 0.1) is 11.8 Å². The highest BCUT2D eigenvalue weighted by Crippen LogP contribution is 2.39. The number of rotatable bonds is 11. The van der Waals surface area contributed by atoms with E-state index in [0.717, 1.165) is 27.3 Å². The van der Waals surface area contributed by atoms with Crippen LogP contribution in [-0.4, -0.2) is 147 Å². The molecule has 3 aromatic rings. The Morgan fingerprint density at radius 1 is 1.08 bits per heavy atom. The van der Waals surface area contributed by atoms with Crippen molar-refractivity contribution in [2.24, 2.45) is 11.8 Å². The van der Waals surface area contributed by atoms with E-state index in [4.69, 9.17) is 28.7 Å². The van der Waals surface area contributed by atoms with Crippen molar-refractivity contribution in [3.05, 3.63) is 30.5 Å². The fraction of sp³-hybridized carbons (Fsp3) is 0.721. The van der Waals surface area contributed by atoms with Crippen LogP contribution in [0.1, 0.15) is 87.0 Å². The first kappa shape index (κ1) is 45.9. The third kappa shape index (κ3) is 9.87. The number of aromatic nitrogens is 4. The molecule has 0 saturated carbocycles. The van der Waals surface area contributed by atoms with Crippen LogP contribution in [0.4, 0.5) is 4.79 Å². The Bertz CT molecular complexity index is 1910. The number of unbranched alkanes of at least 4 members (excludes halogenated alkanes) is 1. The van der Waals surface area contributed by atoms with Gasteiger partial charge >= 0.3 is 12.1 Å². The van der Waals surface area contributed by atoms with E-state index < -0.39 is 65.6 Å². The van der Waals surface area contributed by atoms with E-state index in [1.807, 2.05) is 84.1 Å². The summed E-state index contributed by atoms with van der Waals surface area (Å²) in [5.41, 5.74) is -0.592. The number of hydrogen-bond acceptors (Lipinski definition) is 15. The molecule has 0 spiro atoms. The number of aryl methyl sites for hydroxylation is 1. The summed E-state index contributed by atoms with van der Waals surface area (Å²) in [6.07, 6.45) is 0.148. The highest BCUT2D eigenvalue weighted by Gasteiger charge is 2.58. The van der Waals surface area contributed by atoms with Gasteiger partial charge in [0, 0.05) is 38.7 Å². The predicted octanol–water partition coefficient (Wildman–Crippen LogP) is 5.07. The Morgan fingerprint density at radius 2 is 1.82 bits per heavy atom. The fourth-order valence-corrected chi connectivity index (χ4v) is 10.1. The maximum atomic E-state index is 14.1. The predicted molar refractivity (Wildman–Crippen MR) is 226 cm³/mol. The lowest BCUT2D eigenvalue weighted by Gasteiger charge is -2.45. The number of para-hydroxylation sites is 1. The van der Waals surface area contributed by atoms with Gasteiger partial charge < -0.3 is 39.0 Å². The number of hydrogen-bond donors (Lipinski definition) is 2. The first-order chi connectivity index (χ1) is 28.5. The van der Waals surface area contributed by atoms with E-state index >= 15 is 0 Å². The number of benzene rings is 1. The van der Waals surface area contributed by atoms with Crippen molar-refractivity contribution in [1.29, 1.82) is 0 Å². The summed E-state index contributed by atoms with van der Waals surface area (Å²) in [4.78, 5) is 50.2. The molecule has 0 bridgehead atoms. The molecule has 2 N–H and O–H groups in total. The third-order valence-electron chi connectivity index (χ3n) is 12.8. The van der Waals surface area contributed by atoms with Crippen molar-refractivity contribution in [1.82, 2.24) is 35.1 Å². The molecule has 60 heavy (non-hydrogen) atoms. The summed E-state index contributed by atoms with van der Waals surface area (Å²) in [7, 11) is 5.39. The molecular formula is C43H65N7O9S. The average molecular weight is 856 g/mol. The Balaban J connectivity index is 1.19. The number of cyclic esters (lactones) is 1. The van der Waals surface area contributed by atoms with Gasteiger partial charge in [-0.25, -0.2) is 9.78 Å². The molecule has 16 nitrogen and oxygen atoms in total. The van der Waals surface area contributed by atoms with Crippen LogP contribution in [-0.2, 0) is 39.8 Å². The number of methoxy groups -OCH3 is 1. The number of fused-ring (bicyclic) bond motifs is 2. The van der Waals surface area contributed by atoms with E-state index in [1.54, 1.807) is 28.0 Å². The van der Waals surface area contributed by atoms with Crippen molar-refractivity contribution in [3.63, 3.8) is 0 Å². The van der Waals surface area contributed by atoms with Crippen LogP contribution < -0.4 is 5.32 Å². The zero-order valence-electron chi connectivity index (χ0n) is 36.8. The molecule has 1 aromatic carbocycles. The number of nitrogens with one attached hydrogen (secondary N) is 1. The first-order valence-corrected chi connectivity index (χ1v) is 22.2. The quantitative estimate of drug-likeness (QED) is 0.148. The fourth-order valence-electron chi connectivity index (χ4n) is 9.20. The normalized spacial score (nSPS) is 34.9. The maximum Gasteiger partial charge on any atom is 0.410 e. The Kier molecular flexibility index (Phi) is 14.7. The highest BCUT2D eigenvalue weighted by molar-refractivity contribution is 7.21. The van der Waals surface area contributed by atoms with Crippen molar-refractivity contribution in [2.75, 3.05) is 34.3 Å². The van der Waals surface area contributed by atoms with E-state index in [2.05, 4.69) is 22.6 Å². The zero-order valence-corrected chi connectivity index (χ0v) is 37.6. The molecule has 0 aliphatic carbocycles. The lowest BCUT2D eigenvalue weighted by molar-refractivity contribution is -0.289. The molecule has 1 amide bonds. The Hall–Kier alpha value is -3.58. The molecule has 3 unspecified atom stereocenters. The lowest BCUT2D eigenvalue weighted by Crippen LogP contribution is -2.61. The molecule has 12 atom stereocenters. The van der Waals surface area contributed by atoms with Gasteiger partial charge in [-0.2, -0.15) is 0 Å². The van der Waals surface area contributed by atoms with Gasteiger partial charge in [0.15, 0.2) is 11.9 Å². The second kappa shape index (κ2) is 19.2. The monoisotopic (exact) mass is 855 g/mol. The molecule has 5 heterocycles. The second-order valence-electron chi connectivity index (χ2n) is 17.7. The van der Waals surface area contributed by atoms with Crippen molar-refractivity contribution in [3.8, 4) is 10.7 Å². The second-order valence-corrected chi connectivity index (χ2v) is 18.7. The van der Waals surface area contributed by atoms with Crippen LogP contribution in [0.3, 0.4) is 0 Å². The average Bonchev–Trinajstić information content (AvgIpc) is 3.93. The number of Topliss-reactive ketones (excluding diaryl/α,β-unsaturated/α-hetero) is 1. The van der Waals surface area contributed by atoms with Crippen LogP contribution in [0.25, 0.3) is 20.9 Å². The number of thiazole rings is 1. The largest absolute Gasteiger partial charge is 0.458 e. The van der Waals surface area contributed by atoms with Crippen molar-refractivity contribution in [2.45, 2.75) is 154 Å². The third-order valence-corrected chi connectivity index (χ3v) is 13.8. The van der Waals surface area contributed by atoms with Gasteiger partial charge in [-0.1, -0.05) is 31.2 Å². The summed E-state index contributed by atoms with van der Waals surface area (Å²) in [5.74, 6) is -2.26. The van der Waals surface area contributed by atoms with Crippen LogP contribution in [0.5, 0.6) is 0 Å². The summed E-state index contributed by atoms with van der Waals surface area (Å²) in [5, 5.41) is 24.6. The van der Waals surface area contributed by atoms with Gasteiger partial charge in [-0.3, -0.25) is 19.2 Å². The molecule has 17 heteroatoms. The summed E-state index contributed by atoms with van der Waals surface area (Å²) in [6, 6.07) is 6.96. The number of esters is 1. The van der Waals surface area contributed by atoms with Crippen LogP contribution in [0.2, 0.25) is 0 Å². The smallest absolute Gasteiger partial charge is 0.410 e. The van der Waals surface area contributed by atoms with Gasteiger partial charge in [-0.05, 0) is 105 Å². The van der Waals surface area contributed by atoms with Crippen LogP contribution in [0.15, 0.2) is 30.5 Å². The Labute approximate surface area is 357 Å². The highest BCUT2D eigenvalue weighted by atomic mass is 32.1. The first-order valence-electron chi connectivity index (χ1n) is 21.4. The lowest BCUT2D eigenvalue weighted by atomic mass is 9.83. The van der Waals surface area contributed by atoms with Gasteiger partial charge in [0.2, 0.25) is 0 Å². The van der Waals surface area contributed by atoms with Gasteiger partial charge in [0.25, 0.3) is 0 Å². The van der Waals surface area contributed by atoms with Crippen molar-refractivity contribution < 1.29 is 43.2 Å². The molecular weight excluding hydrogens is 791 g/mol. The Morgan fingerprint density at radius 3 is 2.52 bits per heavy atom.